The van der Waals surface area contributed by atoms with Crippen molar-refractivity contribution in [2.75, 3.05) is 29.1 Å². The van der Waals surface area contributed by atoms with Crippen molar-refractivity contribution in [1.29, 1.82) is 0 Å². The first-order valence-corrected chi connectivity index (χ1v) is 12.6. The molecule has 0 bridgehead atoms. The quantitative estimate of drug-likeness (QED) is 0.350. The largest absolute Gasteiger partial charge is 0.416 e. The van der Waals surface area contributed by atoms with Crippen LogP contribution in [0.5, 0.6) is 0 Å². The lowest BCUT2D eigenvalue weighted by atomic mass is 10.1. The summed E-state index contributed by atoms with van der Waals surface area (Å²) in [5, 5.41) is 6.28. The lowest BCUT2D eigenvalue weighted by molar-refractivity contribution is -0.137. The Hall–Kier alpha value is -3.13. The van der Waals surface area contributed by atoms with Gasteiger partial charge in [-0.15, -0.1) is 11.8 Å². The maximum atomic E-state index is 12.7. The molecule has 3 aromatic rings. The van der Waals surface area contributed by atoms with E-state index in [1.165, 1.54) is 17.0 Å². The topological polar surface area (TPSA) is 44.4 Å². The van der Waals surface area contributed by atoms with Crippen LogP contribution in [-0.2, 0) is 12.7 Å². The van der Waals surface area contributed by atoms with Crippen LogP contribution in [0.1, 0.15) is 34.8 Å². The number of anilines is 2. The van der Waals surface area contributed by atoms with Crippen LogP contribution in [0.3, 0.4) is 0 Å². The Labute approximate surface area is 207 Å². The van der Waals surface area contributed by atoms with E-state index in [1.807, 2.05) is 36.4 Å². The highest BCUT2D eigenvalue weighted by Gasteiger charge is 2.30. The van der Waals surface area contributed by atoms with Gasteiger partial charge in [0, 0.05) is 47.5 Å². The Morgan fingerprint density at radius 2 is 1.69 bits per heavy atom. The van der Waals surface area contributed by atoms with Gasteiger partial charge in [-0.3, -0.25) is 4.79 Å². The number of benzene rings is 3. The number of amides is 1. The predicted octanol–water partition coefficient (Wildman–Crippen LogP) is 6.44. The first kappa shape index (κ1) is 25.0. The monoisotopic (exact) mass is 499 g/mol. The minimum Gasteiger partial charge on any atom is -0.380 e. The summed E-state index contributed by atoms with van der Waals surface area (Å²) >= 11 is 1.79. The van der Waals surface area contributed by atoms with Gasteiger partial charge < -0.3 is 15.5 Å². The van der Waals surface area contributed by atoms with Crippen molar-refractivity contribution in [2.24, 2.45) is 0 Å². The van der Waals surface area contributed by atoms with Gasteiger partial charge in [0.2, 0.25) is 0 Å². The summed E-state index contributed by atoms with van der Waals surface area (Å²) in [6.45, 7) is 4.16. The van der Waals surface area contributed by atoms with Crippen LogP contribution in [0, 0.1) is 0 Å². The molecular weight excluding hydrogens is 471 g/mol. The highest BCUT2D eigenvalue weighted by molar-refractivity contribution is 7.99. The number of rotatable bonds is 8. The number of nitrogens with zero attached hydrogens (tertiary/aromatic N) is 1. The normalized spacial score (nSPS) is 15.8. The molecule has 35 heavy (non-hydrogen) atoms. The molecule has 4 rings (SSSR count). The third-order valence-electron chi connectivity index (χ3n) is 5.95. The molecule has 1 heterocycles. The second-order valence-electron chi connectivity index (χ2n) is 8.46. The molecular formula is C27H28F3N3OS. The van der Waals surface area contributed by atoms with Crippen molar-refractivity contribution in [3.8, 4) is 0 Å². The van der Waals surface area contributed by atoms with Gasteiger partial charge in [-0.25, -0.2) is 0 Å². The van der Waals surface area contributed by atoms with Crippen LogP contribution in [0.4, 0.5) is 24.5 Å². The van der Waals surface area contributed by atoms with Gasteiger partial charge >= 0.3 is 6.18 Å². The smallest absolute Gasteiger partial charge is 0.380 e. The SMILES string of the molecule is CCSc1ccc(CNC(=O)c2ccc(N3CCC(Nc4ccc(C(F)(F)F)cc4)C3)cc2)cc1. The average Bonchev–Trinajstić information content (AvgIpc) is 3.32. The summed E-state index contributed by atoms with van der Waals surface area (Å²) in [5.74, 6) is 0.909. The molecule has 184 valence electrons. The predicted molar refractivity (Wildman–Crippen MR) is 136 cm³/mol. The number of hydrogen-bond acceptors (Lipinski definition) is 4. The molecule has 0 saturated carbocycles. The Kier molecular flexibility index (Phi) is 7.90. The van der Waals surface area contributed by atoms with Crippen LogP contribution >= 0.6 is 11.8 Å². The van der Waals surface area contributed by atoms with E-state index in [2.05, 4.69) is 34.6 Å². The van der Waals surface area contributed by atoms with E-state index < -0.39 is 11.7 Å². The Bertz CT molecular complexity index is 1120. The zero-order valence-corrected chi connectivity index (χ0v) is 20.3. The summed E-state index contributed by atoms with van der Waals surface area (Å²) in [6.07, 6.45) is -3.45. The second kappa shape index (κ2) is 11.1. The van der Waals surface area contributed by atoms with Crippen LogP contribution in [0.25, 0.3) is 0 Å². The van der Waals surface area contributed by atoms with Gasteiger partial charge in [0.05, 0.1) is 5.56 Å². The Balaban J connectivity index is 1.27. The first-order chi connectivity index (χ1) is 16.8. The fraction of sp³-hybridized carbons (Fsp3) is 0.296. The molecule has 0 aliphatic carbocycles. The van der Waals surface area contributed by atoms with Gasteiger partial charge in [0.1, 0.15) is 0 Å². The summed E-state index contributed by atoms with van der Waals surface area (Å²) in [6, 6.07) is 21.0. The maximum Gasteiger partial charge on any atom is 0.416 e. The van der Waals surface area contributed by atoms with Gasteiger partial charge in [-0.05, 0) is 78.4 Å². The molecule has 1 aliphatic rings. The number of halogens is 3. The fourth-order valence-corrected chi connectivity index (χ4v) is 4.74. The number of carbonyl (C=O) groups excluding carboxylic acids is 1. The van der Waals surface area contributed by atoms with Crippen LogP contribution in [0.2, 0.25) is 0 Å². The lowest BCUT2D eigenvalue weighted by Gasteiger charge is -2.20. The van der Waals surface area contributed by atoms with Crippen molar-refractivity contribution in [2.45, 2.75) is 37.0 Å². The van der Waals surface area contributed by atoms with Crippen LogP contribution in [0.15, 0.2) is 77.7 Å². The molecule has 0 aromatic heterocycles. The average molecular weight is 500 g/mol. The Morgan fingerprint density at radius 1 is 1.00 bits per heavy atom. The molecule has 2 N–H and O–H groups in total. The molecule has 3 aromatic carbocycles. The molecule has 1 saturated heterocycles. The van der Waals surface area contributed by atoms with E-state index in [9.17, 15) is 18.0 Å². The zero-order chi connectivity index (χ0) is 24.8. The number of alkyl halides is 3. The lowest BCUT2D eigenvalue weighted by Crippen LogP contribution is -2.26. The molecule has 1 amide bonds. The van der Waals surface area contributed by atoms with Crippen LogP contribution < -0.4 is 15.5 Å². The molecule has 0 radical (unpaired) electrons. The summed E-state index contributed by atoms with van der Waals surface area (Å²) in [5.41, 5.74) is 2.70. The van der Waals surface area contributed by atoms with E-state index in [1.54, 1.807) is 11.8 Å². The fourth-order valence-electron chi connectivity index (χ4n) is 4.08. The third-order valence-corrected chi connectivity index (χ3v) is 6.85. The van der Waals surface area contributed by atoms with Crippen LogP contribution in [-0.4, -0.2) is 30.8 Å². The Morgan fingerprint density at radius 3 is 2.31 bits per heavy atom. The third kappa shape index (κ3) is 6.72. The molecule has 1 fully saturated rings. The number of thioether (sulfide) groups is 1. The van der Waals surface area contributed by atoms with Crippen molar-refractivity contribution >= 4 is 29.0 Å². The van der Waals surface area contributed by atoms with E-state index in [4.69, 9.17) is 0 Å². The molecule has 1 unspecified atom stereocenters. The van der Waals surface area contributed by atoms with Crippen molar-refractivity contribution < 1.29 is 18.0 Å². The van der Waals surface area contributed by atoms with E-state index in [0.717, 1.165) is 48.6 Å². The van der Waals surface area contributed by atoms with Gasteiger partial charge in [-0.1, -0.05) is 19.1 Å². The van der Waals surface area contributed by atoms with E-state index >= 15 is 0 Å². The number of nitrogens with one attached hydrogen (secondary N) is 2. The summed E-state index contributed by atoms with van der Waals surface area (Å²) in [7, 11) is 0. The molecule has 4 nitrogen and oxygen atoms in total. The summed E-state index contributed by atoms with van der Waals surface area (Å²) in [4.78, 5) is 16.0. The van der Waals surface area contributed by atoms with Crippen molar-refractivity contribution in [1.82, 2.24) is 5.32 Å². The standard InChI is InChI=1S/C27H28F3N3OS/c1-2-35-25-13-3-19(4-14-25)17-31-26(34)20-5-11-24(12-6-20)33-16-15-23(18-33)32-22-9-7-21(8-10-22)27(28,29)30/h3-14,23,32H,2,15-18H2,1H3,(H,31,34). The molecule has 8 heteroatoms. The van der Waals surface area contributed by atoms with E-state index in [-0.39, 0.29) is 11.9 Å². The number of carbonyl (C=O) groups is 1. The highest BCUT2D eigenvalue weighted by atomic mass is 32.2. The minimum atomic E-state index is -4.33. The zero-order valence-electron chi connectivity index (χ0n) is 19.4. The second-order valence-corrected chi connectivity index (χ2v) is 9.80. The van der Waals surface area contributed by atoms with Gasteiger partial charge in [0.25, 0.3) is 5.91 Å². The molecule has 0 spiro atoms. The van der Waals surface area contributed by atoms with Crippen molar-refractivity contribution in [3.63, 3.8) is 0 Å². The summed E-state index contributed by atoms with van der Waals surface area (Å²) < 4.78 is 38.2. The van der Waals surface area contributed by atoms with Gasteiger partial charge in [0.15, 0.2) is 0 Å². The minimum absolute atomic E-state index is 0.119. The van der Waals surface area contributed by atoms with E-state index in [0.29, 0.717) is 17.8 Å². The maximum absolute atomic E-state index is 12.7. The van der Waals surface area contributed by atoms with Gasteiger partial charge in [-0.2, -0.15) is 13.2 Å². The molecule has 1 atom stereocenters. The first-order valence-electron chi connectivity index (χ1n) is 11.6. The molecule has 1 aliphatic heterocycles. The highest BCUT2D eigenvalue weighted by Crippen LogP contribution is 2.30. The number of hydrogen-bond donors (Lipinski definition) is 2. The van der Waals surface area contributed by atoms with Crippen molar-refractivity contribution in [3.05, 3.63) is 89.5 Å².